The number of rotatable bonds is 5. The molecule has 0 saturated heterocycles. The molecule has 2 aromatic carbocycles. The summed E-state index contributed by atoms with van der Waals surface area (Å²) in [5, 5.41) is 12.5. The molecule has 1 N–H and O–H groups in total. The second kappa shape index (κ2) is 5.60. The van der Waals surface area contributed by atoms with Gasteiger partial charge in [-0.1, -0.05) is 37.3 Å². The van der Waals surface area contributed by atoms with E-state index in [1.807, 2.05) is 18.2 Å². The number of fused-ring (bicyclic) bond motifs is 1. The molecular formula is C14H14NO4S-. The van der Waals surface area contributed by atoms with Crippen molar-refractivity contribution in [2.24, 2.45) is 0 Å². The lowest BCUT2D eigenvalue weighted by Crippen LogP contribution is -2.47. The van der Waals surface area contributed by atoms with E-state index in [-0.39, 0.29) is 11.3 Å². The quantitative estimate of drug-likeness (QED) is 0.876. The molecule has 0 heterocycles. The number of aliphatic carboxylic acids is 1. The third-order valence-corrected chi connectivity index (χ3v) is 4.49. The van der Waals surface area contributed by atoms with Gasteiger partial charge in [0.2, 0.25) is 10.0 Å². The molecule has 0 aliphatic heterocycles. The molecule has 0 aliphatic rings. The van der Waals surface area contributed by atoms with Crippen molar-refractivity contribution in [3.63, 3.8) is 0 Å². The first-order valence-corrected chi connectivity index (χ1v) is 7.64. The van der Waals surface area contributed by atoms with Crippen molar-refractivity contribution in [2.75, 3.05) is 0 Å². The summed E-state index contributed by atoms with van der Waals surface area (Å²) in [6.07, 6.45) is 0.120. The normalized spacial score (nSPS) is 13.2. The number of sulfonamides is 1. The van der Waals surface area contributed by atoms with Gasteiger partial charge in [-0.15, -0.1) is 0 Å². The summed E-state index contributed by atoms with van der Waals surface area (Å²) in [5.41, 5.74) is 0. The molecule has 2 rings (SSSR count). The lowest BCUT2D eigenvalue weighted by molar-refractivity contribution is -0.308. The number of carboxylic acid groups (broad SMARTS) is 1. The predicted octanol–water partition coefficient (Wildman–Crippen LogP) is 0.647. The van der Waals surface area contributed by atoms with Gasteiger partial charge in [0.1, 0.15) is 0 Å². The van der Waals surface area contributed by atoms with Crippen molar-refractivity contribution < 1.29 is 18.3 Å². The molecule has 0 spiro atoms. The largest absolute Gasteiger partial charge is 0.548 e. The van der Waals surface area contributed by atoms with Gasteiger partial charge in [-0.3, -0.25) is 0 Å². The van der Waals surface area contributed by atoms with Crippen LogP contribution in [0, 0.1) is 0 Å². The first-order valence-electron chi connectivity index (χ1n) is 6.16. The zero-order valence-corrected chi connectivity index (χ0v) is 11.7. The maximum Gasteiger partial charge on any atom is 0.241 e. The van der Waals surface area contributed by atoms with E-state index in [0.29, 0.717) is 0 Å². The Kier molecular flexibility index (Phi) is 4.06. The summed E-state index contributed by atoms with van der Waals surface area (Å²) >= 11 is 0. The van der Waals surface area contributed by atoms with Crippen LogP contribution in [-0.4, -0.2) is 20.4 Å². The van der Waals surface area contributed by atoms with Crippen LogP contribution < -0.4 is 9.83 Å². The summed E-state index contributed by atoms with van der Waals surface area (Å²) in [4.78, 5) is 10.9. The van der Waals surface area contributed by atoms with Gasteiger partial charge < -0.3 is 9.90 Å². The van der Waals surface area contributed by atoms with Crippen molar-refractivity contribution >= 4 is 26.8 Å². The van der Waals surface area contributed by atoms with E-state index in [1.165, 1.54) is 12.1 Å². The van der Waals surface area contributed by atoms with Crippen LogP contribution in [-0.2, 0) is 14.8 Å². The van der Waals surface area contributed by atoms with Crippen LogP contribution >= 0.6 is 0 Å². The highest BCUT2D eigenvalue weighted by Crippen LogP contribution is 2.19. The molecule has 5 nitrogen and oxygen atoms in total. The standard InChI is InChI=1S/C14H15NO4S/c1-2-13(14(16)17)15-20(18,19)12-8-7-10-5-3-4-6-11(10)9-12/h3-9,13,15H,2H2,1H3,(H,16,17)/p-1/t13-/m0/s1. The highest BCUT2D eigenvalue weighted by molar-refractivity contribution is 7.89. The lowest BCUT2D eigenvalue weighted by Gasteiger charge is -2.18. The Morgan fingerprint density at radius 3 is 2.45 bits per heavy atom. The molecule has 6 heteroatoms. The molecule has 0 unspecified atom stereocenters. The highest BCUT2D eigenvalue weighted by atomic mass is 32.2. The molecule has 0 radical (unpaired) electrons. The van der Waals surface area contributed by atoms with Crippen molar-refractivity contribution in [2.45, 2.75) is 24.3 Å². The Morgan fingerprint density at radius 2 is 1.85 bits per heavy atom. The number of hydrogen-bond donors (Lipinski definition) is 1. The number of benzene rings is 2. The average Bonchev–Trinajstić information content (AvgIpc) is 2.44. The van der Waals surface area contributed by atoms with E-state index >= 15 is 0 Å². The Bertz CT molecular complexity index is 740. The van der Waals surface area contributed by atoms with Gasteiger partial charge in [0.05, 0.1) is 16.9 Å². The van der Waals surface area contributed by atoms with Gasteiger partial charge in [-0.25, -0.2) is 13.1 Å². The average molecular weight is 292 g/mol. The van der Waals surface area contributed by atoms with Crippen molar-refractivity contribution in [3.05, 3.63) is 42.5 Å². The van der Waals surface area contributed by atoms with Gasteiger partial charge in [-0.2, -0.15) is 0 Å². The number of carbonyl (C=O) groups is 1. The van der Waals surface area contributed by atoms with Crippen LogP contribution in [0.15, 0.2) is 47.4 Å². The van der Waals surface area contributed by atoms with E-state index in [9.17, 15) is 18.3 Å². The van der Waals surface area contributed by atoms with Crippen molar-refractivity contribution in [1.29, 1.82) is 0 Å². The minimum Gasteiger partial charge on any atom is -0.548 e. The second-order valence-corrected chi connectivity index (χ2v) is 6.12. The van der Waals surface area contributed by atoms with Crippen LogP contribution in [0.1, 0.15) is 13.3 Å². The molecule has 2 aromatic rings. The zero-order valence-electron chi connectivity index (χ0n) is 10.9. The Balaban J connectivity index is 2.38. The van der Waals surface area contributed by atoms with Crippen LogP contribution in [0.2, 0.25) is 0 Å². The maximum absolute atomic E-state index is 12.1. The fraction of sp³-hybridized carbons (Fsp3) is 0.214. The summed E-state index contributed by atoms with van der Waals surface area (Å²) in [7, 11) is -3.88. The third-order valence-electron chi connectivity index (χ3n) is 3.02. The van der Waals surface area contributed by atoms with E-state index in [1.54, 1.807) is 19.1 Å². The van der Waals surface area contributed by atoms with E-state index in [0.717, 1.165) is 10.8 Å². The van der Waals surface area contributed by atoms with Crippen LogP contribution in [0.25, 0.3) is 10.8 Å². The summed E-state index contributed by atoms with van der Waals surface area (Å²) < 4.78 is 26.4. The third kappa shape index (κ3) is 2.97. The SMILES string of the molecule is CC[C@H](NS(=O)(=O)c1ccc2ccccc2c1)C(=O)[O-]. The topological polar surface area (TPSA) is 86.3 Å². The van der Waals surface area contributed by atoms with E-state index < -0.39 is 22.0 Å². The second-order valence-electron chi connectivity index (χ2n) is 4.41. The number of nitrogens with one attached hydrogen (secondary N) is 1. The maximum atomic E-state index is 12.1. The molecular weight excluding hydrogens is 278 g/mol. The Labute approximate surface area is 117 Å². The highest BCUT2D eigenvalue weighted by Gasteiger charge is 2.19. The molecule has 20 heavy (non-hydrogen) atoms. The smallest absolute Gasteiger partial charge is 0.241 e. The molecule has 1 atom stereocenters. The lowest BCUT2D eigenvalue weighted by atomic mass is 10.1. The van der Waals surface area contributed by atoms with E-state index in [4.69, 9.17) is 0 Å². The van der Waals surface area contributed by atoms with Crippen LogP contribution in [0.4, 0.5) is 0 Å². The fourth-order valence-corrected chi connectivity index (χ4v) is 3.19. The fourth-order valence-electron chi connectivity index (χ4n) is 1.89. The molecule has 0 bridgehead atoms. The van der Waals surface area contributed by atoms with Gasteiger partial charge >= 0.3 is 0 Å². The number of carboxylic acids is 1. The monoisotopic (exact) mass is 292 g/mol. The van der Waals surface area contributed by atoms with Gasteiger partial charge in [-0.05, 0) is 29.3 Å². The number of hydrogen-bond acceptors (Lipinski definition) is 4. The van der Waals surface area contributed by atoms with E-state index in [2.05, 4.69) is 4.72 Å². The summed E-state index contributed by atoms with van der Waals surface area (Å²) in [5.74, 6) is -1.43. The molecule has 0 fully saturated rings. The van der Waals surface area contributed by atoms with Crippen LogP contribution in [0.5, 0.6) is 0 Å². The van der Waals surface area contributed by atoms with Crippen LogP contribution in [0.3, 0.4) is 0 Å². The Hall–Kier alpha value is -1.92. The summed E-state index contributed by atoms with van der Waals surface area (Å²) in [6, 6.07) is 10.8. The first kappa shape index (κ1) is 14.5. The predicted molar refractivity (Wildman–Crippen MR) is 73.4 cm³/mol. The van der Waals surface area contributed by atoms with Crippen molar-refractivity contribution in [3.8, 4) is 0 Å². The first-order chi connectivity index (χ1) is 9.44. The number of carbonyl (C=O) groups excluding carboxylic acids is 1. The molecule has 0 aromatic heterocycles. The van der Waals surface area contributed by atoms with Crippen molar-refractivity contribution in [1.82, 2.24) is 4.72 Å². The van der Waals surface area contributed by atoms with Gasteiger partial charge in [0.15, 0.2) is 0 Å². The zero-order chi connectivity index (χ0) is 14.8. The minimum absolute atomic E-state index is 0.0379. The Morgan fingerprint density at radius 1 is 1.20 bits per heavy atom. The minimum atomic E-state index is -3.88. The molecule has 0 saturated carbocycles. The van der Waals surface area contributed by atoms with Gasteiger partial charge in [0, 0.05) is 0 Å². The molecule has 106 valence electrons. The summed E-state index contributed by atoms with van der Waals surface area (Å²) in [6.45, 7) is 1.57. The molecule has 0 aliphatic carbocycles. The molecule has 0 amide bonds. The van der Waals surface area contributed by atoms with Gasteiger partial charge in [0.25, 0.3) is 0 Å².